The van der Waals surface area contributed by atoms with Gasteiger partial charge in [0.2, 0.25) is 0 Å². The molecular formula is C15H14BFN4O3. The van der Waals surface area contributed by atoms with Crippen LogP contribution in [0, 0.1) is 12.7 Å². The second kappa shape index (κ2) is 5.84. The van der Waals surface area contributed by atoms with Gasteiger partial charge in [0.1, 0.15) is 13.7 Å². The fourth-order valence-electron chi connectivity index (χ4n) is 2.41. The van der Waals surface area contributed by atoms with Crippen LogP contribution in [0.4, 0.5) is 15.8 Å². The monoisotopic (exact) mass is 328 g/mol. The Morgan fingerprint density at radius 3 is 2.75 bits per heavy atom. The molecule has 0 aliphatic carbocycles. The Morgan fingerprint density at radius 2 is 2.12 bits per heavy atom. The second-order valence-electron chi connectivity index (χ2n) is 5.49. The molecule has 122 valence electrons. The minimum absolute atomic E-state index is 0.00807. The van der Waals surface area contributed by atoms with E-state index in [2.05, 4.69) is 15.5 Å². The van der Waals surface area contributed by atoms with Crippen LogP contribution in [0.15, 0.2) is 38.4 Å². The molecule has 0 aliphatic rings. The quantitative estimate of drug-likeness (QED) is 0.669. The molecule has 3 rings (SSSR count). The fourth-order valence-corrected chi connectivity index (χ4v) is 2.41. The zero-order chi connectivity index (χ0) is 17.4. The minimum Gasteiger partial charge on any atom is -0.388 e. The molecule has 2 N–H and O–H groups in total. The number of nitrogens with zero attached hydrogens (tertiary/aromatic N) is 2. The Hall–Kier alpha value is -3.10. The Morgan fingerprint density at radius 1 is 1.38 bits per heavy atom. The van der Waals surface area contributed by atoms with E-state index < -0.39 is 11.6 Å². The first kappa shape index (κ1) is 15.8. The van der Waals surface area contributed by atoms with Crippen molar-refractivity contribution in [2.45, 2.75) is 6.92 Å². The Kier molecular flexibility index (Phi) is 3.84. The lowest BCUT2D eigenvalue weighted by molar-refractivity contribution is 0.526. The standard InChI is InChI=1S/C15H14BFN4O3/c1-7-12(18-11-4-3-8(16)5-10(11)17)9(6-21(2)14(7)22)13-19-20-15(23)24-13/h3-6,18H,16H2,1-2H3,(H,20,23). The van der Waals surface area contributed by atoms with Crippen molar-refractivity contribution in [3.8, 4) is 11.5 Å². The van der Waals surface area contributed by atoms with Crippen LogP contribution in [0.1, 0.15) is 5.56 Å². The van der Waals surface area contributed by atoms with Crippen LogP contribution in [-0.2, 0) is 7.05 Å². The second-order valence-corrected chi connectivity index (χ2v) is 5.49. The molecule has 1 aromatic carbocycles. The summed E-state index contributed by atoms with van der Waals surface area (Å²) in [6.07, 6.45) is 1.48. The van der Waals surface area contributed by atoms with Gasteiger partial charge in [-0.25, -0.2) is 14.3 Å². The number of anilines is 2. The number of hydrogen-bond donors (Lipinski definition) is 2. The highest BCUT2D eigenvalue weighted by atomic mass is 19.1. The SMILES string of the molecule is Bc1ccc(Nc2c(-c3n[nH]c(=O)o3)cn(C)c(=O)c2C)c(F)c1. The first-order valence-corrected chi connectivity index (χ1v) is 7.16. The molecule has 0 amide bonds. The minimum atomic E-state index is -0.719. The van der Waals surface area contributed by atoms with Crippen molar-refractivity contribution in [1.29, 1.82) is 0 Å². The van der Waals surface area contributed by atoms with Gasteiger partial charge in [0.15, 0.2) is 0 Å². The molecule has 0 unspecified atom stereocenters. The summed E-state index contributed by atoms with van der Waals surface area (Å²) < 4.78 is 20.5. The molecular weight excluding hydrogens is 314 g/mol. The van der Waals surface area contributed by atoms with Crippen molar-refractivity contribution in [3.05, 3.63) is 56.7 Å². The van der Waals surface area contributed by atoms with Crippen molar-refractivity contribution >= 4 is 24.7 Å². The topological polar surface area (TPSA) is 92.9 Å². The highest BCUT2D eigenvalue weighted by molar-refractivity contribution is 6.32. The molecule has 0 atom stereocenters. The number of aryl methyl sites for hydroxylation is 1. The van der Waals surface area contributed by atoms with Crippen molar-refractivity contribution in [3.63, 3.8) is 0 Å². The van der Waals surface area contributed by atoms with E-state index in [1.807, 2.05) is 0 Å². The number of H-pyrrole nitrogens is 1. The van der Waals surface area contributed by atoms with E-state index in [4.69, 9.17) is 4.42 Å². The molecule has 24 heavy (non-hydrogen) atoms. The number of benzene rings is 1. The molecule has 0 saturated carbocycles. The molecule has 9 heteroatoms. The maximum Gasteiger partial charge on any atom is 0.434 e. The van der Waals surface area contributed by atoms with Gasteiger partial charge in [-0.15, -0.1) is 5.10 Å². The average molecular weight is 328 g/mol. The van der Waals surface area contributed by atoms with E-state index in [1.165, 1.54) is 16.8 Å². The van der Waals surface area contributed by atoms with Crippen LogP contribution in [-0.4, -0.2) is 22.6 Å². The van der Waals surface area contributed by atoms with E-state index >= 15 is 0 Å². The van der Waals surface area contributed by atoms with Crippen LogP contribution >= 0.6 is 0 Å². The molecule has 3 aromatic rings. The Labute approximate surface area is 136 Å². The molecule has 0 bridgehead atoms. The van der Waals surface area contributed by atoms with Crippen molar-refractivity contribution in [2.24, 2.45) is 7.05 Å². The fraction of sp³-hybridized carbons (Fsp3) is 0.133. The summed E-state index contributed by atoms with van der Waals surface area (Å²) in [4.78, 5) is 23.4. The predicted octanol–water partition coefficient (Wildman–Crippen LogP) is 0.178. The highest BCUT2D eigenvalue weighted by Crippen LogP contribution is 2.30. The van der Waals surface area contributed by atoms with Crippen LogP contribution < -0.4 is 22.1 Å². The largest absolute Gasteiger partial charge is 0.434 e. The van der Waals surface area contributed by atoms with Gasteiger partial charge < -0.3 is 14.3 Å². The Bertz CT molecular complexity index is 1040. The summed E-state index contributed by atoms with van der Waals surface area (Å²) in [5.41, 5.74) is 1.77. The molecule has 2 aromatic heterocycles. The van der Waals surface area contributed by atoms with Gasteiger partial charge in [0.05, 0.1) is 16.9 Å². The highest BCUT2D eigenvalue weighted by Gasteiger charge is 2.18. The summed E-state index contributed by atoms with van der Waals surface area (Å²) in [7, 11) is 3.35. The average Bonchev–Trinajstić information content (AvgIpc) is 2.96. The van der Waals surface area contributed by atoms with Crippen LogP contribution in [0.3, 0.4) is 0 Å². The van der Waals surface area contributed by atoms with Crippen molar-refractivity contribution in [2.75, 3.05) is 5.32 Å². The van der Waals surface area contributed by atoms with E-state index in [0.717, 1.165) is 5.46 Å². The van der Waals surface area contributed by atoms with E-state index in [9.17, 15) is 14.0 Å². The summed E-state index contributed by atoms with van der Waals surface area (Å²) in [6, 6.07) is 4.70. The third-order valence-corrected chi connectivity index (χ3v) is 3.66. The summed E-state index contributed by atoms with van der Waals surface area (Å²) in [5, 5.41) is 8.86. The summed E-state index contributed by atoms with van der Waals surface area (Å²) >= 11 is 0. The number of hydrogen-bond acceptors (Lipinski definition) is 5. The molecule has 0 radical (unpaired) electrons. The predicted molar refractivity (Wildman–Crippen MR) is 90.4 cm³/mol. The van der Waals surface area contributed by atoms with Crippen molar-refractivity contribution in [1.82, 2.24) is 14.8 Å². The zero-order valence-corrected chi connectivity index (χ0v) is 13.3. The van der Waals surface area contributed by atoms with E-state index in [0.29, 0.717) is 16.8 Å². The van der Waals surface area contributed by atoms with Crippen LogP contribution in [0.5, 0.6) is 0 Å². The number of rotatable bonds is 3. The lowest BCUT2D eigenvalue weighted by Gasteiger charge is -2.15. The van der Waals surface area contributed by atoms with Gasteiger partial charge in [0.25, 0.3) is 11.4 Å². The van der Waals surface area contributed by atoms with Gasteiger partial charge in [-0.2, -0.15) is 0 Å². The van der Waals surface area contributed by atoms with Crippen molar-refractivity contribution < 1.29 is 8.81 Å². The molecule has 0 spiro atoms. The van der Waals surface area contributed by atoms with E-state index in [1.54, 1.807) is 34.0 Å². The molecule has 0 aliphatic heterocycles. The normalized spacial score (nSPS) is 10.8. The number of pyridine rings is 1. The number of nitrogens with one attached hydrogen (secondary N) is 2. The zero-order valence-electron chi connectivity index (χ0n) is 13.3. The molecule has 7 nitrogen and oxygen atoms in total. The third kappa shape index (κ3) is 2.75. The van der Waals surface area contributed by atoms with E-state index in [-0.39, 0.29) is 17.1 Å². The molecule has 2 heterocycles. The maximum absolute atomic E-state index is 14.1. The lowest BCUT2D eigenvalue weighted by atomic mass is 9.96. The summed E-state index contributed by atoms with van der Waals surface area (Å²) in [6.45, 7) is 1.60. The third-order valence-electron chi connectivity index (χ3n) is 3.66. The van der Waals surface area contributed by atoms with Gasteiger partial charge in [0, 0.05) is 18.8 Å². The molecule has 0 saturated heterocycles. The first-order chi connectivity index (χ1) is 11.4. The van der Waals surface area contributed by atoms with Crippen LogP contribution in [0.25, 0.3) is 11.5 Å². The number of aromatic nitrogens is 3. The van der Waals surface area contributed by atoms with Gasteiger partial charge >= 0.3 is 5.76 Å². The Balaban J connectivity index is 2.20. The number of aromatic amines is 1. The van der Waals surface area contributed by atoms with Crippen LogP contribution in [0.2, 0.25) is 0 Å². The number of halogens is 1. The maximum atomic E-state index is 14.1. The molecule has 0 fully saturated rings. The van der Waals surface area contributed by atoms with Gasteiger partial charge in [-0.3, -0.25) is 4.79 Å². The smallest absolute Gasteiger partial charge is 0.388 e. The summed E-state index contributed by atoms with van der Waals surface area (Å²) in [5.74, 6) is -1.16. The van der Waals surface area contributed by atoms with Gasteiger partial charge in [-0.05, 0) is 19.1 Å². The van der Waals surface area contributed by atoms with Gasteiger partial charge in [-0.1, -0.05) is 11.5 Å². The lowest BCUT2D eigenvalue weighted by Crippen LogP contribution is -2.21. The first-order valence-electron chi connectivity index (χ1n) is 7.16.